The third-order valence-corrected chi connectivity index (χ3v) is 1.15. The Kier molecular flexibility index (Phi) is 1.88. The van der Waals surface area contributed by atoms with E-state index in [1.54, 1.807) is 6.07 Å². The van der Waals surface area contributed by atoms with Crippen molar-refractivity contribution in [3.8, 4) is 6.07 Å². The Labute approximate surface area is 66.7 Å². The first-order valence-corrected chi connectivity index (χ1v) is 2.94. The predicted molar refractivity (Wildman–Crippen MR) is 38.1 cm³/mol. The topological polar surface area (TPSA) is 113 Å². The molecule has 0 aliphatic rings. The van der Waals surface area contributed by atoms with Crippen molar-refractivity contribution in [3.63, 3.8) is 0 Å². The van der Waals surface area contributed by atoms with Gasteiger partial charge in [0.1, 0.15) is 11.8 Å². The van der Waals surface area contributed by atoms with Crippen LogP contribution in [0.5, 0.6) is 0 Å². The van der Waals surface area contributed by atoms with Crippen LogP contribution in [0.2, 0.25) is 0 Å². The van der Waals surface area contributed by atoms with E-state index in [0.717, 1.165) is 6.20 Å². The number of nitriles is 1. The van der Waals surface area contributed by atoms with Crippen molar-refractivity contribution >= 4 is 5.91 Å². The van der Waals surface area contributed by atoms with Crippen LogP contribution in [0.4, 0.5) is 0 Å². The minimum absolute atomic E-state index is 0.179. The van der Waals surface area contributed by atoms with Crippen LogP contribution in [0.3, 0.4) is 0 Å². The second-order valence-electron chi connectivity index (χ2n) is 1.95. The largest absolute Gasteiger partial charge is 0.364 e. The number of carbonyl (C=O) groups is 1. The maximum absolute atomic E-state index is 10.6. The zero-order valence-electron chi connectivity index (χ0n) is 5.87. The molecule has 0 atom stereocenters. The molecule has 0 aliphatic carbocycles. The van der Waals surface area contributed by atoms with Crippen LogP contribution in [0.25, 0.3) is 0 Å². The van der Waals surface area contributed by atoms with Gasteiger partial charge in [0, 0.05) is 0 Å². The molecule has 1 amide bonds. The summed E-state index contributed by atoms with van der Waals surface area (Å²) in [5.41, 5.74) is 3.85. The minimum atomic E-state index is -0.878. The molecule has 0 saturated carbocycles. The molecular weight excluding hydrogens is 160 g/mol. The first kappa shape index (κ1) is 7.94. The zero-order chi connectivity index (χ0) is 9.14. The fourth-order valence-electron chi connectivity index (χ4n) is 0.665. The molecule has 0 spiro atoms. The normalized spacial score (nSPS) is 8.92. The highest BCUT2D eigenvalue weighted by molar-refractivity contribution is 5.92. The van der Waals surface area contributed by atoms with E-state index in [2.05, 4.69) is 9.97 Å². The Morgan fingerprint density at radius 3 is 2.92 bits per heavy atom. The lowest BCUT2D eigenvalue weighted by atomic mass is 10.3. The number of nitrogens with one attached hydrogen (secondary N) is 1. The number of rotatable bonds is 1. The van der Waals surface area contributed by atoms with E-state index < -0.39 is 11.5 Å². The standard InChI is InChI=1S/C6H4N4O2/c7-1-3-5(6(8)12)10-4(11)2-9-3/h2H,(H2,8,12)(H,10,11). The van der Waals surface area contributed by atoms with Gasteiger partial charge in [-0.05, 0) is 0 Å². The van der Waals surface area contributed by atoms with E-state index >= 15 is 0 Å². The van der Waals surface area contributed by atoms with E-state index in [0.29, 0.717) is 0 Å². The van der Waals surface area contributed by atoms with Gasteiger partial charge in [0.15, 0.2) is 5.69 Å². The number of nitrogens with two attached hydrogens (primary N) is 1. The maximum Gasteiger partial charge on any atom is 0.268 e. The third kappa shape index (κ3) is 1.29. The molecule has 12 heavy (non-hydrogen) atoms. The molecule has 0 bridgehead atoms. The molecule has 0 unspecified atom stereocenters. The summed E-state index contributed by atoms with van der Waals surface area (Å²) in [5, 5.41) is 8.42. The van der Waals surface area contributed by atoms with Crippen molar-refractivity contribution in [1.82, 2.24) is 9.97 Å². The summed E-state index contributed by atoms with van der Waals surface area (Å²) in [5.74, 6) is -0.878. The number of carbonyl (C=O) groups excluding carboxylic acids is 1. The first-order valence-electron chi connectivity index (χ1n) is 2.94. The molecule has 0 radical (unpaired) electrons. The van der Waals surface area contributed by atoms with Gasteiger partial charge in [-0.2, -0.15) is 5.26 Å². The quantitative estimate of drug-likeness (QED) is 0.539. The minimum Gasteiger partial charge on any atom is -0.364 e. The van der Waals surface area contributed by atoms with Crippen molar-refractivity contribution in [3.05, 3.63) is 27.9 Å². The molecule has 0 aromatic carbocycles. The number of primary amides is 1. The van der Waals surface area contributed by atoms with Crippen LogP contribution in [0.1, 0.15) is 16.2 Å². The molecule has 1 aromatic heterocycles. The van der Waals surface area contributed by atoms with Gasteiger partial charge in [0.25, 0.3) is 11.5 Å². The smallest absolute Gasteiger partial charge is 0.268 e. The number of hydrogen-bond acceptors (Lipinski definition) is 4. The van der Waals surface area contributed by atoms with E-state index in [-0.39, 0.29) is 11.4 Å². The molecule has 1 rings (SSSR count). The molecule has 0 fully saturated rings. The fraction of sp³-hybridized carbons (Fsp3) is 0. The van der Waals surface area contributed by atoms with Crippen LogP contribution in [-0.4, -0.2) is 15.9 Å². The molecule has 3 N–H and O–H groups in total. The molecule has 0 aliphatic heterocycles. The molecule has 60 valence electrons. The Morgan fingerprint density at radius 2 is 2.42 bits per heavy atom. The molecule has 1 heterocycles. The summed E-state index contributed by atoms with van der Waals surface area (Å²) in [4.78, 5) is 26.7. The summed E-state index contributed by atoms with van der Waals surface area (Å²) >= 11 is 0. The molecule has 6 nitrogen and oxygen atoms in total. The number of aromatic nitrogens is 2. The number of nitrogens with zero attached hydrogens (tertiary/aromatic N) is 2. The number of amides is 1. The van der Waals surface area contributed by atoms with E-state index in [1.807, 2.05) is 0 Å². The van der Waals surface area contributed by atoms with Gasteiger partial charge in [-0.25, -0.2) is 4.98 Å². The Hall–Kier alpha value is -2.16. The van der Waals surface area contributed by atoms with Crippen LogP contribution in [0, 0.1) is 11.3 Å². The van der Waals surface area contributed by atoms with Crippen LogP contribution < -0.4 is 11.3 Å². The highest BCUT2D eigenvalue weighted by atomic mass is 16.1. The Bertz CT molecular complexity index is 414. The van der Waals surface area contributed by atoms with Crippen molar-refractivity contribution in [1.29, 1.82) is 5.26 Å². The number of H-pyrrole nitrogens is 1. The lowest BCUT2D eigenvalue weighted by Crippen LogP contribution is -2.21. The number of hydrogen-bond donors (Lipinski definition) is 2. The average Bonchev–Trinajstić information content (AvgIpc) is 2.04. The van der Waals surface area contributed by atoms with Gasteiger partial charge in [0.2, 0.25) is 0 Å². The zero-order valence-corrected chi connectivity index (χ0v) is 5.87. The van der Waals surface area contributed by atoms with Gasteiger partial charge in [0.05, 0.1) is 6.20 Å². The summed E-state index contributed by atoms with van der Waals surface area (Å²) in [6, 6.07) is 1.62. The van der Waals surface area contributed by atoms with Crippen molar-refractivity contribution in [2.24, 2.45) is 5.73 Å². The lowest BCUT2D eigenvalue weighted by molar-refractivity contribution is 0.0994. The summed E-state index contributed by atoms with van der Waals surface area (Å²) in [7, 11) is 0. The van der Waals surface area contributed by atoms with Crippen molar-refractivity contribution < 1.29 is 4.79 Å². The monoisotopic (exact) mass is 164 g/mol. The predicted octanol–water partition coefficient (Wildman–Crippen LogP) is -1.26. The van der Waals surface area contributed by atoms with E-state index in [9.17, 15) is 9.59 Å². The van der Waals surface area contributed by atoms with Crippen LogP contribution >= 0.6 is 0 Å². The van der Waals surface area contributed by atoms with E-state index in [4.69, 9.17) is 11.0 Å². The van der Waals surface area contributed by atoms with Crippen molar-refractivity contribution in [2.45, 2.75) is 0 Å². The van der Waals surface area contributed by atoms with Crippen LogP contribution in [0.15, 0.2) is 11.0 Å². The van der Waals surface area contributed by atoms with E-state index in [1.165, 1.54) is 0 Å². The second kappa shape index (κ2) is 2.84. The highest BCUT2D eigenvalue weighted by Gasteiger charge is 2.09. The van der Waals surface area contributed by atoms with Gasteiger partial charge in [-0.15, -0.1) is 0 Å². The molecule has 0 saturated heterocycles. The first-order chi connectivity index (χ1) is 5.65. The molecular formula is C6H4N4O2. The maximum atomic E-state index is 10.6. The van der Waals surface area contributed by atoms with Crippen molar-refractivity contribution in [2.75, 3.05) is 0 Å². The van der Waals surface area contributed by atoms with Gasteiger partial charge >= 0.3 is 0 Å². The van der Waals surface area contributed by atoms with Gasteiger partial charge in [-0.3, -0.25) is 9.59 Å². The van der Waals surface area contributed by atoms with Gasteiger partial charge < -0.3 is 10.7 Å². The number of aromatic amines is 1. The SMILES string of the molecule is N#Cc1ncc(=O)[nH]c1C(N)=O. The van der Waals surface area contributed by atoms with Gasteiger partial charge in [-0.1, -0.05) is 0 Å². The molecule has 6 heteroatoms. The van der Waals surface area contributed by atoms with Crippen LogP contribution in [-0.2, 0) is 0 Å². The fourth-order valence-corrected chi connectivity index (χ4v) is 0.665. The average molecular weight is 164 g/mol. The Balaban J connectivity index is 3.44. The highest BCUT2D eigenvalue weighted by Crippen LogP contribution is 1.94. The third-order valence-electron chi connectivity index (χ3n) is 1.15. The lowest BCUT2D eigenvalue weighted by Gasteiger charge is -1.94. The Morgan fingerprint density at radius 1 is 1.75 bits per heavy atom. The second-order valence-corrected chi connectivity index (χ2v) is 1.95. The molecule has 1 aromatic rings. The summed E-state index contributed by atoms with van der Waals surface area (Å²) in [6.07, 6.45) is 0.908. The summed E-state index contributed by atoms with van der Waals surface area (Å²) < 4.78 is 0. The summed E-state index contributed by atoms with van der Waals surface area (Å²) in [6.45, 7) is 0.